The highest BCUT2D eigenvalue weighted by Crippen LogP contribution is 1.97. The van der Waals surface area contributed by atoms with Crippen LogP contribution in [0.3, 0.4) is 0 Å². The number of amides is 1. The summed E-state index contributed by atoms with van der Waals surface area (Å²) >= 11 is 0. The predicted octanol–water partition coefficient (Wildman–Crippen LogP) is 1.05. The van der Waals surface area contributed by atoms with E-state index in [9.17, 15) is 4.79 Å². The standard InChI is InChI=1S/C10H16N2O/c1-4-6-12(7-5-2)8-9(3)10(11)13/h4-5,8H,1-2,6-7H2,3H3,(H2,11,13)/b9-8+. The van der Waals surface area contributed by atoms with Crippen molar-refractivity contribution in [1.82, 2.24) is 4.90 Å². The summed E-state index contributed by atoms with van der Waals surface area (Å²) < 4.78 is 0. The van der Waals surface area contributed by atoms with E-state index in [0.717, 1.165) is 0 Å². The Labute approximate surface area is 79.2 Å². The Balaban J connectivity index is 4.36. The smallest absolute Gasteiger partial charge is 0.245 e. The van der Waals surface area contributed by atoms with Crippen LogP contribution in [0.4, 0.5) is 0 Å². The van der Waals surface area contributed by atoms with Gasteiger partial charge in [0.15, 0.2) is 0 Å². The van der Waals surface area contributed by atoms with Crippen molar-refractivity contribution in [3.63, 3.8) is 0 Å². The Hall–Kier alpha value is -1.51. The Kier molecular flexibility index (Phi) is 5.35. The molecular weight excluding hydrogens is 164 g/mol. The molecule has 0 aromatic heterocycles. The molecule has 0 aliphatic heterocycles. The van der Waals surface area contributed by atoms with Crippen LogP contribution in [-0.4, -0.2) is 23.9 Å². The molecule has 0 unspecified atom stereocenters. The molecule has 0 aliphatic rings. The van der Waals surface area contributed by atoms with Crippen LogP contribution in [-0.2, 0) is 4.79 Å². The molecule has 0 aliphatic carbocycles. The first-order valence-electron chi connectivity index (χ1n) is 4.06. The van der Waals surface area contributed by atoms with Crippen molar-refractivity contribution in [2.45, 2.75) is 6.92 Å². The largest absolute Gasteiger partial charge is 0.370 e. The van der Waals surface area contributed by atoms with Gasteiger partial charge in [0, 0.05) is 24.9 Å². The molecule has 0 rings (SSSR count). The fourth-order valence-corrected chi connectivity index (χ4v) is 0.849. The average Bonchev–Trinajstić information content (AvgIpc) is 2.05. The van der Waals surface area contributed by atoms with E-state index in [2.05, 4.69) is 13.2 Å². The molecule has 0 saturated carbocycles. The van der Waals surface area contributed by atoms with Crippen LogP contribution in [0.2, 0.25) is 0 Å². The van der Waals surface area contributed by atoms with Gasteiger partial charge >= 0.3 is 0 Å². The molecule has 0 bridgehead atoms. The highest BCUT2D eigenvalue weighted by atomic mass is 16.1. The maximum atomic E-state index is 10.7. The summed E-state index contributed by atoms with van der Waals surface area (Å²) in [6.45, 7) is 10.3. The van der Waals surface area contributed by atoms with Gasteiger partial charge in [-0.3, -0.25) is 4.79 Å². The number of rotatable bonds is 6. The molecule has 1 amide bonds. The first-order chi connectivity index (χ1) is 6.11. The highest BCUT2D eigenvalue weighted by Gasteiger charge is 1.99. The first kappa shape index (κ1) is 11.5. The molecule has 13 heavy (non-hydrogen) atoms. The van der Waals surface area contributed by atoms with Gasteiger partial charge in [-0.2, -0.15) is 0 Å². The molecule has 2 N–H and O–H groups in total. The maximum Gasteiger partial charge on any atom is 0.245 e. The monoisotopic (exact) mass is 180 g/mol. The van der Waals surface area contributed by atoms with Crippen molar-refractivity contribution in [3.8, 4) is 0 Å². The van der Waals surface area contributed by atoms with E-state index in [-0.39, 0.29) is 0 Å². The number of hydrogen-bond donors (Lipinski definition) is 1. The van der Waals surface area contributed by atoms with Gasteiger partial charge in [-0.15, -0.1) is 13.2 Å². The van der Waals surface area contributed by atoms with Crippen LogP contribution in [0.25, 0.3) is 0 Å². The van der Waals surface area contributed by atoms with Gasteiger partial charge in [-0.25, -0.2) is 0 Å². The van der Waals surface area contributed by atoms with Crippen molar-refractivity contribution in [2.75, 3.05) is 13.1 Å². The third-order valence-electron chi connectivity index (χ3n) is 1.49. The van der Waals surface area contributed by atoms with E-state index >= 15 is 0 Å². The van der Waals surface area contributed by atoms with E-state index < -0.39 is 5.91 Å². The molecule has 0 saturated heterocycles. The van der Waals surface area contributed by atoms with Crippen LogP contribution in [0.1, 0.15) is 6.92 Å². The van der Waals surface area contributed by atoms with Crippen molar-refractivity contribution in [1.29, 1.82) is 0 Å². The molecule has 0 radical (unpaired) electrons. The Morgan fingerprint density at radius 2 is 1.85 bits per heavy atom. The quantitative estimate of drug-likeness (QED) is 0.490. The van der Waals surface area contributed by atoms with Crippen molar-refractivity contribution in [3.05, 3.63) is 37.1 Å². The number of nitrogens with two attached hydrogens (primary N) is 1. The molecule has 0 aromatic carbocycles. The molecule has 3 heteroatoms. The SMILES string of the molecule is C=CCN(/C=C(\C)C(N)=O)CC=C. The zero-order valence-electron chi connectivity index (χ0n) is 7.99. The van der Waals surface area contributed by atoms with Gasteiger partial charge in [0.25, 0.3) is 0 Å². The molecular formula is C10H16N2O. The predicted molar refractivity (Wildman–Crippen MR) is 54.9 cm³/mol. The average molecular weight is 180 g/mol. The van der Waals surface area contributed by atoms with Crippen LogP contribution in [0, 0.1) is 0 Å². The zero-order chi connectivity index (χ0) is 10.3. The molecule has 0 spiro atoms. The van der Waals surface area contributed by atoms with E-state index in [1.165, 1.54) is 0 Å². The van der Waals surface area contributed by atoms with Crippen molar-refractivity contribution >= 4 is 5.91 Å². The van der Waals surface area contributed by atoms with Gasteiger partial charge in [0.1, 0.15) is 0 Å². The second-order valence-electron chi connectivity index (χ2n) is 2.71. The van der Waals surface area contributed by atoms with E-state index in [4.69, 9.17) is 5.73 Å². The molecule has 0 aromatic rings. The summed E-state index contributed by atoms with van der Waals surface area (Å²) in [6.07, 6.45) is 5.23. The Bertz CT molecular complexity index is 221. The number of hydrogen-bond acceptors (Lipinski definition) is 2. The van der Waals surface area contributed by atoms with Gasteiger partial charge in [-0.1, -0.05) is 12.2 Å². The van der Waals surface area contributed by atoms with Gasteiger partial charge in [0.2, 0.25) is 5.91 Å². The number of nitrogens with zero attached hydrogens (tertiary/aromatic N) is 1. The minimum atomic E-state index is -0.405. The second-order valence-corrected chi connectivity index (χ2v) is 2.71. The maximum absolute atomic E-state index is 10.7. The van der Waals surface area contributed by atoms with Gasteiger partial charge in [0.05, 0.1) is 0 Å². The fourth-order valence-electron chi connectivity index (χ4n) is 0.849. The summed E-state index contributed by atoms with van der Waals surface area (Å²) in [6, 6.07) is 0. The molecule has 72 valence electrons. The number of primary amides is 1. The minimum absolute atomic E-state index is 0.405. The molecule has 0 atom stereocenters. The molecule has 0 fully saturated rings. The van der Waals surface area contributed by atoms with Crippen LogP contribution >= 0.6 is 0 Å². The number of carbonyl (C=O) groups is 1. The van der Waals surface area contributed by atoms with Crippen LogP contribution < -0.4 is 5.73 Å². The molecule has 3 nitrogen and oxygen atoms in total. The normalized spacial score (nSPS) is 10.7. The summed E-state index contributed by atoms with van der Waals surface area (Å²) in [5.41, 5.74) is 5.62. The molecule has 0 heterocycles. The topological polar surface area (TPSA) is 46.3 Å². The van der Waals surface area contributed by atoms with E-state index in [0.29, 0.717) is 18.7 Å². The summed E-state index contributed by atoms with van der Waals surface area (Å²) in [5, 5.41) is 0. The second kappa shape index (κ2) is 6.06. The lowest BCUT2D eigenvalue weighted by atomic mass is 10.3. The lowest BCUT2D eigenvalue weighted by Gasteiger charge is -2.16. The number of carbonyl (C=O) groups excluding carboxylic acids is 1. The third kappa shape index (κ3) is 4.85. The zero-order valence-corrected chi connectivity index (χ0v) is 7.99. The van der Waals surface area contributed by atoms with Crippen LogP contribution in [0.15, 0.2) is 37.1 Å². The lowest BCUT2D eigenvalue weighted by molar-refractivity contribution is -0.114. The first-order valence-corrected chi connectivity index (χ1v) is 4.06. The van der Waals surface area contributed by atoms with Crippen LogP contribution in [0.5, 0.6) is 0 Å². The Morgan fingerprint density at radius 1 is 1.38 bits per heavy atom. The van der Waals surface area contributed by atoms with Gasteiger partial charge < -0.3 is 10.6 Å². The van der Waals surface area contributed by atoms with Crippen molar-refractivity contribution in [2.24, 2.45) is 5.73 Å². The Morgan fingerprint density at radius 3 is 2.15 bits per heavy atom. The third-order valence-corrected chi connectivity index (χ3v) is 1.49. The van der Waals surface area contributed by atoms with E-state index in [1.54, 1.807) is 25.3 Å². The summed E-state index contributed by atoms with van der Waals surface area (Å²) in [5.74, 6) is -0.405. The van der Waals surface area contributed by atoms with E-state index in [1.807, 2.05) is 4.90 Å². The summed E-state index contributed by atoms with van der Waals surface area (Å²) in [7, 11) is 0. The lowest BCUT2D eigenvalue weighted by Crippen LogP contribution is -2.21. The minimum Gasteiger partial charge on any atom is -0.370 e. The van der Waals surface area contributed by atoms with Gasteiger partial charge in [-0.05, 0) is 6.92 Å². The van der Waals surface area contributed by atoms with Crippen molar-refractivity contribution < 1.29 is 4.79 Å². The summed E-state index contributed by atoms with van der Waals surface area (Å²) in [4.78, 5) is 12.6. The fraction of sp³-hybridized carbons (Fsp3) is 0.300. The highest BCUT2D eigenvalue weighted by molar-refractivity contribution is 5.91.